The van der Waals surface area contributed by atoms with Crippen LogP contribution in [-0.2, 0) is 0 Å². The van der Waals surface area contributed by atoms with Crippen molar-refractivity contribution < 1.29 is 10.3 Å². The molecule has 1 aliphatic carbocycles. The molecule has 0 bridgehead atoms. The van der Waals surface area contributed by atoms with Crippen LogP contribution in [0, 0.1) is 5.41 Å². The minimum Gasteiger partial charge on any atom is -0.409 e. The summed E-state index contributed by atoms with van der Waals surface area (Å²) in [5.74, 6) is 0.283. The molecule has 5 N–H and O–H groups in total. The number of amidine groups is 1. The predicted molar refractivity (Wildman–Crippen MR) is 68.1 cm³/mol. The van der Waals surface area contributed by atoms with Crippen molar-refractivity contribution in [1.29, 1.82) is 0 Å². The van der Waals surface area contributed by atoms with Gasteiger partial charge in [-0.2, -0.15) is 0 Å². The van der Waals surface area contributed by atoms with Crippen molar-refractivity contribution in [2.45, 2.75) is 58.1 Å². The smallest absolute Gasteiger partial charge is 0.139 e. The SMILES string of the molecule is CC(C)(O)C(C)(C)NCC1(CC(N)=NO)CC1. The van der Waals surface area contributed by atoms with Crippen LogP contribution in [-0.4, -0.2) is 33.8 Å². The first-order valence-corrected chi connectivity index (χ1v) is 6.06. The van der Waals surface area contributed by atoms with E-state index in [2.05, 4.69) is 10.5 Å². The van der Waals surface area contributed by atoms with Gasteiger partial charge in [-0.25, -0.2) is 0 Å². The van der Waals surface area contributed by atoms with Gasteiger partial charge in [-0.3, -0.25) is 0 Å². The Labute approximate surface area is 103 Å². The number of nitrogens with two attached hydrogens (primary N) is 1. The largest absolute Gasteiger partial charge is 0.409 e. The average Bonchev–Trinajstić information content (AvgIpc) is 2.94. The highest BCUT2D eigenvalue weighted by molar-refractivity contribution is 5.80. The second-order valence-corrected chi connectivity index (χ2v) is 6.31. The molecular formula is C12H25N3O2. The molecule has 1 aliphatic rings. The average molecular weight is 243 g/mol. The topological polar surface area (TPSA) is 90.9 Å². The molecule has 0 aromatic carbocycles. The molecule has 0 aromatic heterocycles. The minimum atomic E-state index is -0.792. The maximum absolute atomic E-state index is 10.0. The Morgan fingerprint density at radius 1 is 1.35 bits per heavy atom. The zero-order valence-electron chi connectivity index (χ0n) is 11.2. The van der Waals surface area contributed by atoms with Crippen molar-refractivity contribution in [3.05, 3.63) is 0 Å². The highest BCUT2D eigenvalue weighted by atomic mass is 16.4. The molecule has 5 heteroatoms. The van der Waals surface area contributed by atoms with Crippen LogP contribution in [0.1, 0.15) is 47.0 Å². The number of hydrogen-bond acceptors (Lipinski definition) is 4. The molecule has 0 aromatic rings. The lowest BCUT2D eigenvalue weighted by atomic mass is 9.85. The second-order valence-electron chi connectivity index (χ2n) is 6.31. The number of aliphatic hydroxyl groups is 1. The standard InChI is InChI=1S/C12H25N3O2/c1-10(2,11(3,4)16)14-8-12(5-6-12)7-9(13)15-17/h14,16-17H,5-8H2,1-4H3,(H2,13,15). The van der Waals surface area contributed by atoms with Gasteiger partial charge < -0.3 is 21.4 Å². The van der Waals surface area contributed by atoms with E-state index in [1.165, 1.54) is 0 Å². The van der Waals surface area contributed by atoms with Gasteiger partial charge in [-0.1, -0.05) is 5.16 Å². The van der Waals surface area contributed by atoms with E-state index in [4.69, 9.17) is 10.9 Å². The molecule has 0 spiro atoms. The summed E-state index contributed by atoms with van der Waals surface area (Å²) in [7, 11) is 0. The van der Waals surface area contributed by atoms with E-state index in [-0.39, 0.29) is 16.8 Å². The van der Waals surface area contributed by atoms with Crippen molar-refractivity contribution in [2.75, 3.05) is 6.54 Å². The first-order chi connectivity index (χ1) is 7.62. The molecule has 0 amide bonds. The number of nitrogens with one attached hydrogen (secondary N) is 1. The van der Waals surface area contributed by atoms with Crippen LogP contribution in [0.3, 0.4) is 0 Å². The summed E-state index contributed by atoms with van der Waals surface area (Å²) in [6, 6.07) is 0. The van der Waals surface area contributed by atoms with Crippen LogP contribution in [0.25, 0.3) is 0 Å². The monoisotopic (exact) mass is 243 g/mol. The molecule has 100 valence electrons. The fourth-order valence-electron chi connectivity index (χ4n) is 1.64. The van der Waals surface area contributed by atoms with Crippen LogP contribution < -0.4 is 11.1 Å². The maximum atomic E-state index is 10.0. The third kappa shape index (κ3) is 3.57. The van der Waals surface area contributed by atoms with E-state index in [0.717, 1.165) is 19.4 Å². The molecular weight excluding hydrogens is 218 g/mol. The van der Waals surface area contributed by atoms with Gasteiger partial charge in [0, 0.05) is 18.5 Å². The fourth-order valence-corrected chi connectivity index (χ4v) is 1.64. The maximum Gasteiger partial charge on any atom is 0.139 e. The van der Waals surface area contributed by atoms with Crippen LogP contribution in [0.5, 0.6) is 0 Å². The Morgan fingerprint density at radius 2 is 1.88 bits per heavy atom. The van der Waals surface area contributed by atoms with Gasteiger partial charge >= 0.3 is 0 Å². The summed E-state index contributed by atoms with van der Waals surface area (Å²) in [5, 5.41) is 25.0. The first-order valence-electron chi connectivity index (χ1n) is 6.06. The van der Waals surface area contributed by atoms with Gasteiger partial charge in [0.25, 0.3) is 0 Å². The lowest BCUT2D eigenvalue weighted by molar-refractivity contribution is -0.00653. The minimum absolute atomic E-state index is 0.110. The van der Waals surface area contributed by atoms with Crippen molar-refractivity contribution in [2.24, 2.45) is 16.3 Å². The molecule has 1 rings (SSSR count). The fraction of sp³-hybridized carbons (Fsp3) is 0.917. The Hall–Kier alpha value is -0.810. The van der Waals surface area contributed by atoms with E-state index < -0.39 is 5.60 Å². The van der Waals surface area contributed by atoms with Crippen LogP contribution in [0.15, 0.2) is 5.16 Å². The van der Waals surface area contributed by atoms with Gasteiger partial charge in [0.15, 0.2) is 0 Å². The normalized spacial score (nSPS) is 20.4. The van der Waals surface area contributed by atoms with Crippen LogP contribution in [0.2, 0.25) is 0 Å². The summed E-state index contributed by atoms with van der Waals surface area (Å²) in [6.45, 7) is 8.32. The molecule has 5 nitrogen and oxygen atoms in total. The number of rotatable bonds is 6. The molecule has 0 saturated heterocycles. The Balaban J connectivity index is 2.51. The zero-order valence-corrected chi connectivity index (χ0v) is 11.2. The lowest BCUT2D eigenvalue weighted by Crippen LogP contribution is -2.57. The van der Waals surface area contributed by atoms with Crippen molar-refractivity contribution in [3.63, 3.8) is 0 Å². The van der Waals surface area contributed by atoms with E-state index in [0.29, 0.717) is 6.42 Å². The summed E-state index contributed by atoms with van der Waals surface area (Å²) in [4.78, 5) is 0. The number of nitrogens with zero attached hydrogens (tertiary/aromatic N) is 1. The molecule has 17 heavy (non-hydrogen) atoms. The second kappa shape index (κ2) is 4.46. The van der Waals surface area contributed by atoms with Crippen LogP contribution in [0.4, 0.5) is 0 Å². The highest BCUT2D eigenvalue weighted by Gasteiger charge is 2.45. The molecule has 0 atom stereocenters. The van der Waals surface area contributed by atoms with Gasteiger partial charge in [0.1, 0.15) is 5.84 Å². The van der Waals surface area contributed by atoms with Gasteiger partial charge in [0.05, 0.1) is 5.60 Å². The van der Waals surface area contributed by atoms with Crippen LogP contribution >= 0.6 is 0 Å². The molecule has 0 unspecified atom stereocenters. The van der Waals surface area contributed by atoms with Crippen molar-refractivity contribution >= 4 is 5.84 Å². The van der Waals surface area contributed by atoms with E-state index in [9.17, 15) is 5.11 Å². The lowest BCUT2D eigenvalue weighted by Gasteiger charge is -2.39. The summed E-state index contributed by atoms with van der Waals surface area (Å²) in [6.07, 6.45) is 2.77. The Bertz CT molecular complexity index is 301. The van der Waals surface area contributed by atoms with E-state index in [1.807, 2.05) is 13.8 Å². The molecule has 1 fully saturated rings. The Morgan fingerprint density at radius 3 is 2.24 bits per heavy atom. The van der Waals surface area contributed by atoms with E-state index >= 15 is 0 Å². The van der Waals surface area contributed by atoms with Crippen molar-refractivity contribution in [3.8, 4) is 0 Å². The highest BCUT2D eigenvalue weighted by Crippen LogP contribution is 2.48. The summed E-state index contributed by atoms with van der Waals surface area (Å²) < 4.78 is 0. The quantitative estimate of drug-likeness (QED) is 0.243. The van der Waals surface area contributed by atoms with Gasteiger partial charge in [-0.05, 0) is 46.0 Å². The predicted octanol–water partition coefficient (Wildman–Crippen LogP) is 1.04. The summed E-state index contributed by atoms with van der Waals surface area (Å²) >= 11 is 0. The third-order valence-electron chi connectivity index (χ3n) is 4.08. The zero-order chi connectivity index (χ0) is 13.3. The van der Waals surface area contributed by atoms with E-state index in [1.54, 1.807) is 13.8 Å². The van der Waals surface area contributed by atoms with Gasteiger partial charge in [0.2, 0.25) is 0 Å². The first kappa shape index (κ1) is 14.3. The molecule has 0 heterocycles. The third-order valence-corrected chi connectivity index (χ3v) is 4.08. The molecule has 0 aliphatic heterocycles. The van der Waals surface area contributed by atoms with Crippen molar-refractivity contribution in [1.82, 2.24) is 5.32 Å². The van der Waals surface area contributed by atoms with Gasteiger partial charge in [-0.15, -0.1) is 0 Å². The molecule has 0 radical (unpaired) electrons. The number of oxime groups is 1. The Kier molecular flexibility index (Phi) is 3.74. The summed E-state index contributed by atoms with van der Waals surface area (Å²) in [5.41, 5.74) is 4.50. The molecule has 1 saturated carbocycles. The number of hydrogen-bond donors (Lipinski definition) is 4.